The first-order valence-electron chi connectivity index (χ1n) is 20.9. The second-order valence-electron chi connectivity index (χ2n) is 16.4. The zero-order valence-electron chi connectivity index (χ0n) is 32.8. The van der Waals surface area contributed by atoms with E-state index in [4.69, 9.17) is 0 Å². The molecule has 0 atom stereocenters. The molecule has 2 aromatic heterocycles. The molecule has 61 heavy (non-hydrogen) atoms. The maximum Gasteiger partial charge on any atom is 0.333 e. The first-order chi connectivity index (χ1) is 30.2. The summed E-state index contributed by atoms with van der Waals surface area (Å²) >= 11 is 3.78. The van der Waals surface area contributed by atoms with E-state index in [1.165, 1.54) is 124 Å². The minimum atomic E-state index is -0.104. The van der Waals surface area contributed by atoms with E-state index in [2.05, 4.69) is 210 Å². The van der Waals surface area contributed by atoms with Crippen molar-refractivity contribution in [2.24, 2.45) is 0 Å². The number of nitrogens with zero attached hydrogens (tertiary/aromatic N) is 2. The average Bonchev–Trinajstić information content (AvgIpc) is 3.88. The fourth-order valence-electron chi connectivity index (χ4n) is 10.5. The van der Waals surface area contributed by atoms with Crippen molar-refractivity contribution in [3.63, 3.8) is 0 Å². The molecule has 0 unspecified atom stereocenters. The summed E-state index contributed by atoms with van der Waals surface area (Å²) in [5.41, 5.74) is 13.7. The van der Waals surface area contributed by atoms with Gasteiger partial charge in [0.05, 0.1) is 5.69 Å². The lowest BCUT2D eigenvalue weighted by Gasteiger charge is -2.46. The highest BCUT2D eigenvalue weighted by atomic mass is 32.1. The van der Waals surface area contributed by atoms with Crippen molar-refractivity contribution in [3.05, 3.63) is 200 Å². The highest BCUT2D eigenvalue weighted by Gasteiger charge is 2.46. The largest absolute Gasteiger partial charge is 0.376 e. The number of hydrogen-bond donors (Lipinski definition) is 0. The van der Waals surface area contributed by atoms with E-state index in [-0.39, 0.29) is 6.85 Å². The summed E-state index contributed by atoms with van der Waals surface area (Å²) in [7, 11) is 0. The minimum absolute atomic E-state index is 0.104. The summed E-state index contributed by atoms with van der Waals surface area (Å²) in [6, 6.07) is 75.1. The summed E-state index contributed by atoms with van der Waals surface area (Å²) in [5, 5.41) is 10.3. The van der Waals surface area contributed by atoms with Gasteiger partial charge < -0.3 is 9.71 Å². The first kappa shape index (κ1) is 33.6. The minimum Gasteiger partial charge on any atom is -0.376 e. The number of rotatable bonds is 3. The summed E-state index contributed by atoms with van der Waals surface area (Å²) < 4.78 is 5.24. The van der Waals surface area contributed by atoms with Crippen molar-refractivity contribution in [3.8, 4) is 22.3 Å². The van der Waals surface area contributed by atoms with Gasteiger partial charge in [-0.1, -0.05) is 146 Å². The van der Waals surface area contributed by atoms with E-state index >= 15 is 0 Å². The maximum atomic E-state index is 2.66. The lowest BCUT2D eigenvalue weighted by molar-refractivity contribution is 1.30. The fraction of sp³-hybridized carbons (Fsp3) is 0. The molecule has 0 amide bonds. The van der Waals surface area contributed by atoms with E-state index in [0.29, 0.717) is 0 Å². The first-order valence-corrected chi connectivity index (χ1v) is 22.6. The van der Waals surface area contributed by atoms with Gasteiger partial charge in [-0.25, -0.2) is 0 Å². The molecule has 12 aromatic rings. The highest BCUT2D eigenvalue weighted by molar-refractivity contribution is 7.26. The van der Waals surface area contributed by atoms with Gasteiger partial charge in [-0.05, 0) is 98.4 Å². The zero-order valence-corrected chi connectivity index (χ0v) is 34.5. The van der Waals surface area contributed by atoms with E-state index in [9.17, 15) is 0 Å². The van der Waals surface area contributed by atoms with Crippen LogP contribution in [0.2, 0.25) is 0 Å². The molecule has 282 valence electrons. The third kappa shape index (κ3) is 4.79. The molecule has 0 fully saturated rings. The quantitative estimate of drug-likeness (QED) is 0.164. The number of benzene rings is 10. The Hall–Kier alpha value is -7.18. The molecule has 0 saturated carbocycles. The number of thiophene rings is 2. The fourth-order valence-corrected chi connectivity index (χ4v) is 12.8. The van der Waals surface area contributed by atoms with Gasteiger partial charge >= 0.3 is 6.85 Å². The van der Waals surface area contributed by atoms with Gasteiger partial charge in [0, 0.05) is 74.0 Å². The van der Waals surface area contributed by atoms with Crippen LogP contribution in [0.15, 0.2) is 200 Å². The summed E-state index contributed by atoms with van der Waals surface area (Å²) in [5.74, 6) is 0. The van der Waals surface area contributed by atoms with Crippen molar-refractivity contribution in [1.29, 1.82) is 0 Å². The molecule has 0 N–H and O–H groups in total. The monoisotopic (exact) mass is 808 g/mol. The molecule has 0 aliphatic carbocycles. The number of hydrogen-bond acceptors (Lipinski definition) is 4. The van der Waals surface area contributed by atoms with Crippen LogP contribution >= 0.6 is 22.7 Å². The van der Waals surface area contributed by atoms with Gasteiger partial charge in [-0.15, -0.1) is 22.7 Å². The average molecular weight is 809 g/mol. The van der Waals surface area contributed by atoms with E-state index < -0.39 is 0 Å². The van der Waals surface area contributed by atoms with Crippen molar-refractivity contribution >= 4 is 131 Å². The van der Waals surface area contributed by atoms with E-state index in [0.717, 1.165) is 0 Å². The Morgan fingerprint density at radius 2 is 0.984 bits per heavy atom. The lowest BCUT2D eigenvalue weighted by Crippen LogP contribution is -2.61. The van der Waals surface area contributed by atoms with Gasteiger partial charge in [0.15, 0.2) is 0 Å². The molecule has 14 rings (SSSR count). The molecule has 0 spiro atoms. The summed E-state index contributed by atoms with van der Waals surface area (Å²) in [6.45, 7) is -0.104. The Morgan fingerprint density at radius 1 is 0.377 bits per heavy atom. The predicted molar refractivity (Wildman–Crippen MR) is 266 cm³/mol. The van der Waals surface area contributed by atoms with Crippen LogP contribution in [0, 0.1) is 0 Å². The molecular weight excluding hydrogens is 776 g/mol. The van der Waals surface area contributed by atoms with E-state index in [1.54, 1.807) is 0 Å². The Balaban J connectivity index is 1.13. The third-order valence-corrected chi connectivity index (χ3v) is 15.5. The molecule has 2 aliphatic rings. The zero-order chi connectivity index (χ0) is 39.8. The highest BCUT2D eigenvalue weighted by Crippen LogP contribution is 2.52. The molecule has 10 aromatic carbocycles. The predicted octanol–water partition coefficient (Wildman–Crippen LogP) is 15.1. The summed E-state index contributed by atoms with van der Waals surface area (Å²) in [6.07, 6.45) is 0. The van der Waals surface area contributed by atoms with Crippen LogP contribution in [0.25, 0.3) is 84.1 Å². The Labute approximate surface area is 360 Å². The normalized spacial score (nSPS) is 13.1. The SMILES string of the molecule is c1ccc(-c2ccc(N3B4c5cc6c(cc5N(c5ccc7c(c5)sc5ccccc57)c5c4c(cc4ccccc54)-c4c3ccc3ccccc43)sc3ccccc36)cc2)cc1. The van der Waals surface area contributed by atoms with Crippen molar-refractivity contribution in [1.82, 2.24) is 0 Å². The van der Waals surface area contributed by atoms with Crippen LogP contribution in [0.4, 0.5) is 28.4 Å². The molecule has 2 aliphatic heterocycles. The molecular formula is C56H33BN2S2. The van der Waals surface area contributed by atoms with Crippen molar-refractivity contribution < 1.29 is 0 Å². The topological polar surface area (TPSA) is 6.48 Å². The molecule has 0 radical (unpaired) electrons. The smallest absolute Gasteiger partial charge is 0.333 e. The van der Waals surface area contributed by atoms with Crippen LogP contribution in [-0.2, 0) is 0 Å². The second kappa shape index (κ2) is 12.7. The number of anilines is 5. The Morgan fingerprint density at radius 3 is 1.77 bits per heavy atom. The van der Waals surface area contributed by atoms with E-state index in [1.807, 2.05) is 22.7 Å². The molecule has 0 saturated heterocycles. The Bertz CT molecular complexity index is 3790. The third-order valence-electron chi connectivity index (χ3n) is 13.2. The summed E-state index contributed by atoms with van der Waals surface area (Å²) in [4.78, 5) is 5.27. The molecule has 5 heteroatoms. The second-order valence-corrected chi connectivity index (χ2v) is 18.6. The van der Waals surface area contributed by atoms with Crippen LogP contribution in [0.5, 0.6) is 0 Å². The van der Waals surface area contributed by atoms with Gasteiger partial charge in [0.25, 0.3) is 0 Å². The standard InChI is InChI=1S/C56H33BN2S2/c1-2-12-34(13-3-1)35-22-25-38(26-23-35)59-48-29-24-36-14-4-6-16-40(36)54(48)46-30-37-15-5-7-17-41(37)56-55(46)57(59)47-32-45-43-19-9-11-21-51(43)61-53(45)33-49(47)58(56)39-27-28-44-42-18-8-10-20-50(42)60-52(44)31-39/h1-33H. The van der Waals surface area contributed by atoms with Crippen molar-refractivity contribution in [2.75, 3.05) is 9.71 Å². The molecule has 2 nitrogen and oxygen atoms in total. The van der Waals surface area contributed by atoms with Crippen LogP contribution in [-0.4, -0.2) is 6.85 Å². The van der Waals surface area contributed by atoms with Crippen LogP contribution < -0.4 is 20.6 Å². The van der Waals surface area contributed by atoms with Gasteiger partial charge in [0.1, 0.15) is 0 Å². The molecule has 4 heterocycles. The maximum absolute atomic E-state index is 2.66. The lowest BCUT2D eigenvalue weighted by atomic mass is 9.43. The van der Waals surface area contributed by atoms with Gasteiger partial charge in [-0.3, -0.25) is 0 Å². The van der Waals surface area contributed by atoms with Gasteiger partial charge in [0.2, 0.25) is 0 Å². The van der Waals surface area contributed by atoms with Gasteiger partial charge in [-0.2, -0.15) is 0 Å². The van der Waals surface area contributed by atoms with Crippen LogP contribution in [0.3, 0.4) is 0 Å². The Kier molecular flexibility index (Phi) is 6.99. The van der Waals surface area contributed by atoms with Crippen molar-refractivity contribution in [2.45, 2.75) is 0 Å². The van der Waals surface area contributed by atoms with Crippen LogP contribution in [0.1, 0.15) is 0 Å². The molecule has 0 bridgehead atoms. The number of fused-ring (bicyclic) bond motifs is 14.